The van der Waals surface area contributed by atoms with E-state index < -0.39 is 41.9 Å². The van der Waals surface area contributed by atoms with Crippen LogP contribution in [0.4, 0.5) is 4.79 Å². The highest BCUT2D eigenvalue weighted by atomic mass is 16.5. The third-order valence-corrected chi connectivity index (χ3v) is 5.00. The number of amides is 2. The maximum Gasteiger partial charge on any atom is 0.408 e. The van der Waals surface area contributed by atoms with E-state index in [-0.39, 0.29) is 26.1 Å². The number of hydrogen-bond donors (Lipinski definition) is 3. The molecule has 9 heteroatoms. The van der Waals surface area contributed by atoms with Crippen molar-refractivity contribution in [1.82, 2.24) is 10.6 Å². The second kappa shape index (κ2) is 13.6. The molecule has 0 heterocycles. The smallest absolute Gasteiger partial charge is 0.408 e. The van der Waals surface area contributed by atoms with Gasteiger partial charge in [-0.25, -0.2) is 9.59 Å². The van der Waals surface area contributed by atoms with Gasteiger partial charge in [-0.1, -0.05) is 67.6 Å². The van der Waals surface area contributed by atoms with E-state index >= 15 is 0 Å². The van der Waals surface area contributed by atoms with E-state index in [9.17, 15) is 24.3 Å². The van der Waals surface area contributed by atoms with Crippen molar-refractivity contribution in [3.8, 4) is 0 Å². The van der Waals surface area contributed by atoms with Crippen molar-refractivity contribution in [2.24, 2.45) is 5.92 Å². The Kier molecular flexibility index (Phi) is 10.6. The van der Waals surface area contributed by atoms with E-state index in [1.54, 1.807) is 43.3 Å². The molecule has 2 amide bonds. The monoisotopic (exact) mass is 470 g/mol. The number of carbonyl (C=O) groups is 4. The largest absolute Gasteiger partial charge is 0.480 e. The zero-order chi connectivity index (χ0) is 24.9. The number of esters is 1. The number of ether oxygens (including phenoxy) is 2. The number of benzene rings is 2. The number of rotatable bonds is 12. The Hall–Kier alpha value is -3.88. The van der Waals surface area contributed by atoms with Crippen LogP contribution in [-0.4, -0.2) is 47.7 Å². The summed E-state index contributed by atoms with van der Waals surface area (Å²) in [4.78, 5) is 49.0. The van der Waals surface area contributed by atoms with Crippen molar-refractivity contribution in [2.45, 2.75) is 45.4 Å². The Balaban J connectivity index is 2.08. The first kappa shape index (κ1) is 26.4. The summed E-state index contributed by atoms with van der Waals surface area (Å²) in [6.07, 6.45) is -0.852. The number of aliphatic carboxylic acids is 1. The molecule has 0 saturated heterocycles. The van der Waals surface area contributed by atoms with Gasteiger partial charge in [-0.15, -0.1) is 0 Å². The molecule has 0 aliphatic rings. The highest BCUT2D eigenvalue weighted by Crippen LogP contribution is 2.11. The molecule has 0 saturated carbocycles. The van der Waals surface area contributed by atoms with Crippen LogP contribution in [-0.2, 0) is 36.9 Å². The fourth-order valence-electron chi connectivity index (χ4n) is 3.19. The molecule has 0 spiro atoms. The lowest BCUT2D eigenvalue weighted by atomic mass is 10.0. The van der Waals surface area contributed by atoms with Crippen LogP contribution in [0, 0.1) is 5.92 Å². The van der Waals surface area contributed by atoms with Crippen molar-refractivity contribution in [1.29, 1.82) is 0 Å². The van der Waals surface area contributed by atoms with E-state index in [0.717, 1.165) is 11.1 Å². The molecule has 0 unspecified atom stereocenters. The predicted molar refractivity (Wildman–Crippen MR) is 124 cm³/mol. The Morgan fingerprint density at radius 3 is 2.00 bits per heavy atom. The number of carbonyl (C=O) groups excluding carboxylic acids is 3. The molecule has 182 valence electrons. The normalized spacial score (nSPS) is 13.1. The van der Waals surface area contributed by atoms with Crippen molar-refractivity contribution in [2.75, 3.05) is 6.61 Å². The van der Waals surface area contributed by atoms with Crippen LogP contribution in [0.25, 0.3) is 0 Å². The molecule has 9 nitrogen and oxygen atoms in total. The average molecular weight is 471 g/mol. The first-order valence-corrected chi connectivity index (χ1v) is 11.0. The van der Waals surface area contributed by atoms with Crippen LogP contribution in [0.5, 0.6) is 0 Å². The van der Waals surface area contributed by atoms with Crippen LogP contribution >= 0.6 is 0 Å². The highest BCUT2D eigenvalue weighted by Gasteiger charge is 2.30. The Bertz CT molecular complexity index is 950. The maximum atomic E-state index is 13.0. The number of carboxylic acid groups (broad SMARTS) is 1. The van der Waals surface area contributed by atoms with E-state index in [2.05, 4.69) is 10.6 Å². The van der Waals surface area contributed by atoms with E-state index in [0.29, 0.717) is 0 Å². The topological polar surface area (TPSA) is 131 Å². The molecule has 3 atom stereocenters. The third-order valence-electron chi connectivity index (χ3n) is 5.00. The molecule has 0 aliphatic carbocycles. The molecule has 2 rings (SSSR count). The zero-order valence-corrected chi connectivity index (χ0v) is 19.2. The summed E-state index contributed by atoms with van der Waals surface area (Å²) >= 11 is 0. The van der Waals surface area contributed by atoms with Gasteiger partial charge in [0.05, 0.1) is 12.5 Å². The maximum absolute atomic E-state index is 13.0. The summed E-state index contributed by atoms with van der Waals surface area (Å²) in [6.45, 7) is 3.36. The van der Waals surface area contributed by atoms with Crippen molar-refractivity contribution in [3.63, 3.8) is 0 Å². The fourth-order valence-corrected chi connectivity index (χ4v) is 3.19. The van der Waals surface area contributed by atoms with Crippen LogP contribution in [0.3, 0.4) is 0 Å². The Morgan fingerprint density at radius 2 is 1.44 bits per heavy atom. The van der Waals surface area contributed by atoms with Crippen molar-refractivity contribution >= 4 is 23.9 Å². The van der Waals surface area contributed by atoms with Crippen molar-refractivity contribution in [3.05, 3.63) is 71.8 Å². The van der Waals surface area contributed by atoms with Crippen LogP contribution in [0.2, 0.25) is 0 Å². The predicted octanol–water partition coefficient (Wildman–Crippen LogP) is 2.68. The molecule has 0 radical (unpaired) electrons. The highest BCUT2D eigenvalue weighted by molar-refractivity contribution is 5.89. The lowest BCUT2D eigenvalue weighted by Crippen LogP contribution is -2.53. The second-order valence-corrected chi connectivity index (χ2v) is 7.74. The molecular weight excluding hydrogens is 440 g/mol. The molecule has 0 bridgehead atoms. The van der Waals surface area contributed by atoms with Gasteiger partial charge in [0.25, 0.3) is 0 Å². The molecule has 2 aromatic rings. The van der Waals surface area contributed by atoms with Crippen molar-refractivity contribution < 1.29 is 33.8 Å². The van der Waals surface area contributed by atoms with Crippen LogP contribution in [0.1, 0.15) is 31.4 Å². The van der Waals surface area contributed by atoms with Gasteiger partial charge in [0.1, 0.15) is 18.7 Å². The number of nitrogens with one attached hydrogen (secondary N) is 2. The molecule has 0 aliphatic heterocycles. The van der Waals surface area contributed by atoms with Crippen LogP contribution in [0.15, 0.2) is 60.7 Å². The number of hydrogen-bond acceptors (Lipinski definition) is 6. The first-order chi connectivity index (χ1) is 16.3. The van der Waals surface area contributed by atoms with Crippen LogP contribution < -0.4 is 10.6 Å². The minimum absolute atomic E-state index is 0.0150. The number of carboxylic acids is 1. The summed E-state index contributed by atoms with van der Waals surface area (Å²) in [5.74, 6) is -3.29. The summed E-state index contributed by atoms with van der Waals surface area (Å²) in [5, 5.41) is 14.5. The minimum atomic E-state index is -1.34. The van der Waals surface area contributed by atoms with E-state index in [4.69, 9.17) is 9.47 Å². The fraction of sp³-hybridized carbons (Fsp3) is 0.360. The minimum Gasteiger partial charge on any atom is -0.480 e. The van der Waals surface area contributed by atoms with Gasteiger partial charge < -0.3 is 25.2 Å². The van der Waals surface area contributed by atoms with Gasteiger partial charge in [0.2, 0.25) is 5.91 Å². The molecule has 3 N–H and O–H groups in total. The lowest BCUT2D eigenvalue weighted by molar-refractivity contribution is -0.149. The standard InChI is InChI=1S/C25H30N2O7/c1-3-33-24(31)17(2)14-21(23(29)30)26-22(28)20(15-18-10-6-4-7-11-18)27-25(32)34-16-19-12-8-5-9-13-19/h4-13,17,20-21H,3,14-16H2,1-2H3,(H,26,28)(H,27,32)(H,29,30)/t17-,20+,21+/m1/s1. The molecule has 0 fully saturated rings. The van der Waals surface area contributed by atoms with Gasteiger partial charge in [0.15, 0.2) is 0 Å². The first-order valence-electron chi connectivity index (χ1n) is 11.0. The van der Waals surface area contributed by atoms with Gasteiger partial charge in [-0.05, 0) is 24.5 Å². The molecular formula is C25H30N2O7. The zero-order valence-electron chi connectivity index (χ0n) is 19.2. The Labute approximate surface area is 198 Å². The molecule has 2 aromatic carbocycles. The third kappa shape index (κ3) is 8.93. The Morgan fingerprint density at radius 1 is 0.853 bits per heavy atom. The van der Waals surface area contributed by atoms with E-state index in [1.165, 1.54) is 6.92 Å². The van der Waals surface area contributed by atoms with Gasteiger partial charge >= 0.3 is 18.0 Å². The summed E-state index contributed by atoms with van der Waals surface area (Å²) in [5.41, 5.74) is 1.54. The molecule has 34 heavy (non-hydrogen) atoms. The summed E-state index contributed by atoms with van der Waals surface area (Å²) < 4.78 is 10.1. The summed E-state index contributed by atoms with van der Waals surface area (Å²) in [7, 11) is 0. The molecule has 0 aromatic heterocycles. The summed E-state index contributed by atoms with van der Waals surface area (Å²) in [6, 6.07) is 15.6. The lowest BCUT2D eigenvalue weighted by Gasteiger charge is -2.23. The average Bonchev–Trinajstić information content (AvgIpc) is 2.83. The van der Waals surface area contributed by atoms with Gasteiger partial charge in [0, 0.05) is 6.42 Å². The number of alkyl carbamates (subject to hydrolysis) is 1. The van der Waals surface area contributed by atoms with E-state index in [1.807, 2.05) is 24.3 Å². The van der Waals surface area contributed by atoms with Gasteiger partial charge in [-0.2, -0.15) is 0 Å². The SMILES string of the molecule is CCOC(=O)[C@H](C)C[C@H](NC(=O)[C@H](Cc1ccccc1)NC(=O)OCc1ccccc1)C(=O)O. The second-order valence-electron chi connectivity index (χ2n) is 7.74. The van der Waals surface area contributed by atoms with Gasteiger partial charge in [-0.3, -0.25) is 9.59 Å². The quantitative estimate of drug-likeness (QED) is 0.407.